The van der Waals surface area contributed by atoms with Crippen molar-refractivity contribution in [2.45, 2.75) is 84.2 Å². The molecule has 0 saturated heterocycles. The summed E-state index contributed by atoms with van der Waals surface area (Å²) < 4.78 is 43.6. The zero-order valence-electron chi connectivity index (χ0n) is 13.1. The van der Waals surface area contributed by atoms with Gasteiger partial charge in [0, 0.05) is 6.61 Å². The van der Waals surface area contributed by atoms with Gasteiger partial charge in [-0.2, -0.15) is 13.2 Å². The van der Waals surface area contributed by atoms with Crippen LogP contribution in [0.25, 0.3) is 0 Å². The molecule has 0 saturated carbocycles. The molecule has 1 atom stereocenters. The van der Waals surface area contributed by atoms with Crippen molar-refractivity contribution >= 4 is 0 Å². The molecule has 122 valence electrons. The van der Waals surface area contributed by atoms with Gasteiger partial charge in [0.2, 0.25) is 0 Å². The van der Waals surface area contributed by atoms with Crippen molar-refractivity contribution in [1.82, 2.24) is 0 Å². The number of alkyl halides is 3. The Bertz CT molecular complexity index is 204. The van der Waals surface area contributed by atoms with E-state index in [1.807, 2.05) is 6.92 Å². The van der Waals surface area contributed by atoms with Gasteiger partial charge in [-0.3, -0.25) is 0 Å². The van der Waals surface area contributed by atoms with E-state index in [1.165, 1.54) is 19.3 Å². The van der Waals surface area contributed by atoms with Gasteiger partial charge < -0.3 is 4.74 Å². The Morgan fingerprint density at radius 1 is 0.800 bits per heavy atom. The largest absolute Gasteiger partial charge is 0.394 e. The van der Waals surface area contributed by atoms with Gasteiger partial charge in [-0.1, -0.05) is 65.2 Å². The monoisotopic (exact) mass is 296 g/mol. The van der Waals surface area contributed by atoms with Crippen LogP contribution in [0.1, 0.15) is 78.1 Å². The van der Waals surface area contributed by atoms with E-state index in [4.69, 9.17) is 4.74 Å². The molecule has 0 aliphatic carbocycles. The summed E-state index contributed by atoms with van der Waals surface area (Å²) in [6, 6.07) is 0. The molecule has 1 unspecified atom stereocenters. The number of hydrogen-bond acceptors (Lipinski definition) is 1. The van der Waals surface area contributed by atoms with Gasteiger partial charge in [-0.15, -0.1) is 0 Å². The normalized spacial score (nSPS) is 13.7. The van der Waals surface area contributed by atoms with Crippen LogP contribution in [0.3, 0.4) is 0 Å². The van der Waals surface area contributed by atoms with Gasteiger partial charge in [-0.25, -0.2) is 0 Å². The highest BCUT2D eigenvalue weighted by molar-refractivity contribution is 4.67. The van der Waals surface area contributed by atoms with E-state index in [0.717, 1.165) is 32.1 Å². The van der Waals surface area contributed by atoms with E-state index in [-0.39, 0.29) is 13.0 Å². The molecule has 0 fully saturated rings. The highest BCUT2D eigenvalue weighted by Crippen LogP contribution is 2.30. The topological polar surface area (TPSA) is 9.23 Å². The molecule has 0 aromatic carbocycles. The minimum Gasteiger partial charge on any atom is -0.381 e. The van der Waals surface area contributed by atoms with Crippen LogP contribution in [0.4, 0.5) is 13.2 Å². The number of ether oxygens (including phenoxy) is 1. The lowest BCUT2D eigenvalue weighted by atomic mass is 10.0. The third-order valence-electron chi connectivity index (χ3n) is 3.58. The minimum atomic E-state index is -4.12. The van der Waals surface area contributed by atoms with Crippen molar-refractivity contribution in [1.29, 1.82) is 0 Å². The SMILES string of the molecule is CCCCCCCCOCC(CCCCC)C(F)(F)F. The molecule has 0 bridgehead atoms. The standard InChI is InChI=1S/C16H31F3O/c1-3-5-7-8-9-11-13-20-14-15(16(17,18)19)12-10-6-4-2/h15H,3-14H2,1-2H3. The quantitative estimate of drug-likeness (QED) is 0.372. The molecule has 0 heterocycles. The van der Waals surface area contributed by atoms with Gasteiger partial charge in [0.05, 0.1) is 12.5 Å². The van der Waals surface area contributed by atoms with Crippen LogP contribution in [0, 0.1) is 5.92 Å². The molecular weight excluding hydrogens is 265 g/mol. The summed E-state index contributed by atoms with van der Waals surface area (Å²) in [4.78, 5) is 0. The molecule has 0 radical (unpaired) electrons. The molecule has 0 amide bonds. The first-order chi connectivity index (χ1) is 9.52. The summed E-state index contributed by atoms with van der Waals surface area (Å²) in [7, 11) is 0. The van der Waals surface area contributed by atoms with Crippen molar-refractivity contribution < 1.29 is 17.9 Å². The molecule has 4 heteroatoms. The molecule has 20 heavy (non-hydrogen) atoms. The summed E-state index contributed by atoms with van der Waals surface area (Å²) in [5.41, 5.74) is 0. The average Bonchev–Trinajstić information content (AvgIpc) is 2.38. The smallest absolute Gasteiger partial charge is 0.381 e. The van der Waals surface area contributed by atoms with Crippen LogP contribution in [-0.4, -0.2) is 19.4 Å². The van der Waals surface area contributed by atoms with E-state index in [2.05, 4.69) is 6.92 Å². The fraction of sp³-hybridized carbons (Fsp3) is 1.00. The molecule has 0 rings (SSSR count). The van der Waals surface area contributed by atoms with Crippen LogP contribution < -0.4 is 0 Å². The first-order valence-electron chi connectivity index (χ1n) is 8.16. The highest BCUT2D eigenvalue weighted by Gasteiger charge is 2.38. The Labute approximate surface area is 122 Å². The first-order valence-corrected chi connectivity index (χ1v) is 8.16. The molecule has 1 nitrogen and oxygen atoms in total. The third kappa shape index (κ3) is 11.6. The van der Waals surface area contributed by atoms with Crippen molar-refractivity contribution in [2.24, 2.45) is 5.92 Å². The first kappa shape index (κ1) is 19.8. The van der Waals surface area contributed by atoms with Gasteiger partial charge in [-0.05, 0) is 12.8 Å². The number of hydrogen-bond donors (Lipinski definition) is 0. The zero-order valence-corrected chi connectivity index (χ0v) is 13.1. The maximum absolute atomic E-state index is 12.8. The average molecular weight is 296 g/mol. The summed E-state index contributed by atoms with van der Waals surface area (Å²) >= 11 is 0. The Morgan fingerprint density at radius 3 is 1.95 bits per heavy atom. The third-order valence-corrected chi connectivity index (χ3v) is 3.58. The zero-order chi connectivity index (χ0) is 15.3. The van der Waals surface area contributed by atoms with Gasteiger partial charge in [0.15, 0.2) is 0 Å². The molecular formula is C16H31F3O. The molecule has 0 aliphatic rings. The second kappa shape index (κ2) is 12.5. The number of halogens is 3. The number of rotatable bonds is 13. The Morgan fingerprint density at radius 2 is 1.35 bits per heavy atom. The minimum absolute atomic E-state index is 0.165. The molecule has 0 aromatic heterocycles. The van der Waals surface area contributed by atoms with Crippen molar-refractivity contribution in [3.8, 4) is 0 Å². The van der Waals surface area contributed by atoms with Crippen LogP contribution in [0.5, 0.6) is 0 Å². The Hall–Kier alpha value is -0.250. The van der Waals surface area contributed by atoms with Crippen LogP contribution in [-0.2, 0) is 4.74 Å². The predicted molar refractivity (Wildman–Crippen MR) is 77.9 cm³/mol. The fourth-order valence-electron chi connectivity index (χ4n) is 2.19. The lowest BCUT2D eigenvalue weighted by Crippen LogP contribution is -2.27. The summed E-state index contributed by atoms with van der Waals surface area (Å²) in [5, 5.41) is 0. The molecule has 0 spiro atoms. The summed E-state index contributed by atoms with van der Waals surface area (Å²) in [6.45, 7) is 4.46. The highest BCUT2D eigenvalue weighted by atomic mass is 19.4. The van der Waals surface area contributed by atoms with Gasteiger partial charge in [0.25, 0.3) is 0 Å². The van der Waals surface area contributed by atoms with Crippen molar-refractivity contribution in [3.05, 3.63) is 0 Å². The van der Waals surface area contributed by atoms with Crippen LogP contribution >= 0.6 is 0 Å². The van der Waals surface area contributed by atoms with E-state index in [9.17, 15) is 13.2 Å². The van der Waals surface area contributed by atoms with E-state index in [1.54, 1.807) is 0 Å². The maximum atomic E-state index is 12.8. The lowest BCUT2D eigenvalue weighted by molar-refractivity contribution is -0.190. The van der Waals surface area contributed by atoms with Gasteiger partial charge in [0.1, 0.15) is 0 Å². The van der Waals surface area contributed by atoms with Crippen LogP contribution in [0.15, 0.2) is 0 Å². The lowest BCUT2D eigenvalue weighted by Gasteiger charge is -2.20. The van der Waals surface area contributed by atoms with E-state index >= 15 is 0 Å². The molecule has 0 aliphatic heterocycles. The van der Waals surface area contributed by atoms with E-state index in [0.29, 0.717) is 13.0 Å². The maximum Gasteiger partial charge on any atom is 0.394 e. The number of unbranched alkanes of at least 4 members (excludes halogenated alkanes) is 7. The van der Waals surface area contributed by atoms with Crippen molar-refractivity contribution in [3.63, 3.8) is 0 Å². The second-order valence-corrected chi connectivity index (χ2v) is 5.58. The Kier molecular flexibility index (Phi) is 12.3. The second-order valence-electron chi connectivity index (χ2n) is 5.58. The molecule has 0 aromatic rings. The van der Waals surface area contributed by atoms with Crippen molar-refractivity contribution in [2.75, 3.05) is 13.2 Å². The predicted octanol–water partition coefficient (Wildman–Crippen LogP) is 6.12. The van der Waals surface area contributed by atoms with Gasteiger partial charge >= 0.3 is 6.18 Å². The summed E-state index contributed by atoms with van der Waals surface area (Å²) in [5.74, 6) is -1.28. The van der Waals surface area contributed by atoms with E-state index < -0.39 is 12.1 Å². The van der Waals surface area contributed by atoms with Crippen LogP contribution in [0.2, 0.25) is 0 Å². The fourth-order valence-corrected chi connectivity index (χ4v) is 2.19. The molecule has 0 N–H and O–H groups in total. The summed E-state index contributed by atoms with van der Waals surface area (Å²) in [6.07, 6.45) is 5.32. The Balaban J connectivity index is 3.64.